The summed E-state index contributed by atoms with van der Waals surface area (Å²) >= 11 is 0. The molecule has 0 unspecified atom stereocenters. The fourth-order valence-corrected chi connectivity index (χ4v) is 2.27. The van der Waals surface area contributed by atoms with Gasteiger partial charge in [-0.15, -0.1) is 0 Å². The van der Waals surface area contributed by atoms with Gasteiger partial charge in [0.2, 0.25) is 11.8 Å². The Morgan fingerprint density at radius 2 is 2.15 bits per heavy atom. The van der Waals surface area contributed by atoms with Gasteiger partial charge in [-0.3, -0.25) is 9.59 Å². The van der Waals surface area contributed by atoms with Gasteiger partial charge in [0.15, 0.2) is 0 Å². The first-order valence-corrected chi connectivity index (χ1v) is 6.97. The number of nitrogens with zero attached hydrogens (tertiary/aromatic N) is 1. The van der Waals surface area contributed by atoms with E-state index in [1.807, 2.05) is 43.0 Å². The molecule has 5 heteroatoms. The molecular formula is C15H21N3O2. The van der Waals surface area contributed by atoms with Crippen LogP contribution in [0.4, 0.5) is 11.4 Å². The van der Waals surface area contributed by atoms with Crippen molar-refractivity contribution in [2.45, 2.75) is 20.3 Å². The van der Waals surface area contributed by atoms with Crippen molar-refractivity contribution in [3.8, 4) is 0 Å². The summed E-state index contributed by atoms with van der Waals surface area (Å²) in [6, 6.07) is 7.61. The van der Waals surface area contributed by atoms with Crippen molar-refractivity contribution in [1.82, 2.24) is 5.32 Å². The predicted molar refractivity (Wildman–Crippen MR) is 79.7 cm³/mol. The minimum Gasteiger partial charge on any atom is -0.359 e. The fraction of sp³-hybridized carbons (Fsp3) is 0.467. The van der Waals surface area contributed by atoms with Gasteiger partial charge < -0.3 is 15.5 Å². The van der Waals surface area contributed by atoms with E-state index in [1.165, 1.54) is 0 Å². The van der Waals surface area contributed by atoms with Gasteiger partial charge in [0, 0.05) is 19.5 Å². The van der Waals surface area contributed by atoms with E-state index in [9.17, 15) is 9.59 Å². The summed E-state index contributed by atoms with van der Waals surface area (Å²) in [7, 11) is 0. The minimum absolute atomic E-state index is 0.00825. The molecule has 1 aromatic rings. The van der Waals surface area contributed by atoms with Crippen LogP contribution in [0.5, 0.6) is 0 Å². The van der Waals surface area contributed by atoms with Crippen molar-refractivity contribution in [2.24, 2.45) is 5.92 Å². The van der Waals surface area contributed by atoms with Crippen LogP contribution in [0.25, 0.3) is 0 Å². The number of hydrogen-bond donors (Lipinski definition) is 2. The van der Waals surface area contributed by atoms with Crippen LogP contribution in [-0.2, 0) is 9.59 Å². The maximum atomic E-state index is 11.9. The highest BCUT2D eigenvalue weighted by Crippen LogP contribution is 2.26. The molecule has 1 aliphatic heterocycles. The molecule has 1 aromatic carbocycles. The lowest BCUT2D eigenvalue weighted by Crippen LogP contribution is -2.47. The van der Waals surface area contributed by atoms with Gasteiger partial charge in [0.25, 0.3) is 0 Å². The summed E-state index contributed by atoms with van der Waals surface area (Å²) in [5.74, 6) is 0.344. The van der Waals surface area contributed by atoms with E-state index in [2.05, 4.69) is 10.6 Å². The summed E-state index contributed by atoms with van der Waals surface area (Å²) in [5, 5.41) is 5.74. The van der Waals surface area contributed by atoms with Crippen LogP contribution in [0.2, 0.25) is 0 Å². The number of amides is 2. The molecule has 2 N–H and O–H groups in total. The quantitative estimate of drug-likeness (QED) is 0.877. The van der Waals surface area contributed by atoms with Crippen molar-refractivity contribution in [3.05, 3.63) is 24.3 Å². The molecule has 0 radical (unpaired) electrons. The second-order valence-electron chi connectivity index (χ2n) is 5.43. The second kappa shape index (κ2) is 6.41. The standard InChI is InChI=1S/C15H21N3O2/c1-11(2)9-14(19)17-12-5-3-4-6-13(12)18-8-7-16-15(20)10-18/h3-6,11H,7-10H2,1-2H3,(H,16,20)(H,17,19). The highest BCUT2D eigenvalue weighted by molar-refractivity contribution is 5.95. The summed E-state index contributed by atoms with van der Waals surface area (Å²) in [5.41, 5.74) is 1.67. The van der Waals surface area contributed by atoms with E-state index in [4.69, 9.17) is 0 Å². The lowest BCUT2D eigenvalue weighted by atomic mass is 10.1. The first-order chi connectivity index (χ1) is 9.56. The Morgan fingerprint density at radius 1 is 1.40 bits per heavy atom. The minimum atomic E-state index is 0.00825. The topological polar surface area (TPSA) is 61.4 Å². The zero-order valence-corrected chi connectivity index (χ0v) is 12.0. The van der Waals surface area contributed by atoms with Gasteiger partial charge in [0.1, 0.15) is 0 Å². The molecule has 1 heterocycles. The molecule has 0 aromatic heterocycles. The average molecular weight is 275 g/mol. The van der Waals surface area contributed by atoms with Gasteiger partial charge >= 0.3 is 0 Å². The number of carbonyl (C=O) groups excluding carboxylic acids is 2. The molecule has 0 saturated carbocycles. The number of anilines is 2. The van der Waals surface area contributed by atoms with Gasteiger partial charge in [0.05, 0.1) is 17.9 Å². The maximum Gasteiger partial charge on any atom is 0.239 e. The van der Waals surface area contributed by atoms with Crippen molar-refractivity contribution in [3.63, 3.8) is 0 Å². The molecule has 5 nitrogen and oxygen atoms in total. The molecular weight excluding hydrogens is 254 g/mol. The Kier molecular flexibility index (Phi) is 4.61. The van der Waals surface area contributed by atoms with Crippen LogP contribution in [0.1, 0.15) is 20.3 Å². The smallest absolute Gasteiger partial charge is 0.239 e. The Hall–Kier alpha value is -2.04. The summed E-state index contributed by atoms with van der Waals surface area (Å²) in [6.45, 7) is 5.74. The Labute approximate surface area is 119 Å². The number of para-hydroxylation sites is 2. The molecule has 20 heavy (non-hydrogen) atoms. The Morgan fingerprint density at radius 3 is 2.85 bits per heavy atom. The van der Waals surface area contributed by atoms with Crippen LogP contribution in [0.15, 0.2) is 24.3 Å². The van der Waals surface area contributed by atoms with Crippen LogP contribution in [0, 0.1) is 5.92 Å². The van der Waals surface area contributed by atoms with E-state index in [0.29, 0.717) is 25.4 Å². The number of nitrogens with one attached hydrogen (secondary N) is 2. The number of hydrogen-bond acceptors (Lipinski definition) is 3. The van der Waals surface area contributed by atoms with E-state index in [-0.39, 0.29) is 11.8 Å². The molecule has 2 amide bonds. The van der Waals surface area contributed by atoms with Crippen LogP contribution >= 0.6 is 0 Å². The van der Waals surface area contributed by atoms with Crippen molar-refractivity contribution < 1.29 is 9.59 Å². The molecule has 2 rings (SSSR count). The molecule has 1 fully saturated rings. The Bertz CT molecular complexity index is 500. The SMILES string of the molecule is CC(C)CC(=O)Nc1ccccc1N1CCNC(=O)C1. The van der Waals surface area contributed by atoms with Gasteiger partial charge in [-0.2, -0.15) is 0 Å². The number of piperazine rings is 1. The highest BCUT2D eigenvalue weighted by Gasteiger charge is 2.19. The van der Waals surface area contributed by atoms with E-state index < -0.39 is 0 Å². The number of benzene rings is 1. The first kappa shape index (κ1) is 14.4. The summed E-state index contributed by atoms with van der Waals surface area (Å²) < 4.78 is 0. The van der Waals surface area contributed by atoms with Gasteiger partial charge in [-0.1, -0.05) is 26.0 Å². The van der Waals surface area contributed by atoms with E-state index in [0.717, 1.165) is 17.9 Å². The molecule has 0 aliphatic carbocycles. The van der Waals surface area contributed by atoms with Crippen LogP contribution in [-0.4, -0.2) is 31.4 Å². The monoisotopic (exact) mass is 275 g/mol. The van der Waals surface area contributed by atoms with Crippen LogP contribution < -0.4 is 15.5 Å². The van der Waals surface area contributed by atoms with Gasteiger partial charge in [-0.25, -0.2) is 0 Å². The molecule has 1 saturated heterocycles. The maximum absolute atomic E-state index is 11.9. The summed E-state index contributed by atoms with van der Waals surface area (Å²) in [6.07, 6.45) is 0.495. The summed E-state index contributed by atoms with van der Waals surface area (Å²) in [4.78, 5) is 25.4. The molecule has 0 atom stereocenters. The highest BCUT2D eigenvalue weighted by atomic mass is 16.2. The fourth-order valence-electron chi connectivity index (χ4n) is 2.27. The third-order valence-electron chi connectivity index (χ3n) is 3.15. The zero-order valence-electron chi connectivity index (χ0n) is 12.0. The van der Waals surface area contributed by atoms with Crippen LogP contribution in [0.3, 0.4) is 0 Å². The van der Waals surface area contributed by atoms with Crippen molar-refractivity contribution in [1.29, 1.82) is 0 Å². The molecule has 1 aliphatic rings. The molecule has 108 valence electrons. The normalized spacial score (nSPS) is 15.2. The first-order valence-electron chi connectivity index (χ1n) is 6.97. The van der Waals surface area contributed by atoms with Crippen molar-refractivity contribution in [2.75, 3.05) is 29.9 Å². The third-order valence-corrected chi connectivity index (χ3v) is 3.15. The average Bonchev–Trinajstić information content (AvgIpc) is 2.38. The van der Waals surface area contributed by atoms with Gasteiger partial charge in [-0.05, 0) is 18.1 Å². The lowest BCUT2D eigenvalue weighted by molar-refractivity contribution is -0.120. The van der Waals surface area contributed by atoms with E-state index in [1.54, 1.807) is 0 Å². The third kappa shape index (κ3) is 3.73. The zero-order chi connectivity index (χ0) is 14.5. The van der Waals surface area contributed by atoms with Crippen molar-refractivity contribution >= 4 is 23.2 Å². The predicted octanol–water partition coefficient (Wildman–Crippen LogP) is 1.61. The number of carbonyl (C=O) groups is 2. The Balaban J connectivity index is 2.13. The lowest BCUT2D eigenvalue weighted by Gasteiger charge is -2.30. The molecule has 0 spiro atoms. The van der Waals surface area contributed by atoms with E-state index >= 15 is 0 Å². The molecule has 0 bridgehead atoms. The largest absolute Gasteiger partial charge is 0.359 e. The number of rotatable bonds is 4. The second-order valence-corrected chi connectivity index (χ2v) is 5.43.